The van der Waals surface area contributed by atoms with E-state index in [2.05, 4.69) is 15.0 Å². The van der Waals surface area contributed by atoms with Crippen molar-refractivity contribution in [2.75, 3.05) is 24.8 Å². The molecule has 2 saturated carbocycles. The van der Waals surface area contributed by atoms with Crippen molar-refractivity contribution >= 4 is 46.5 Å². The second kappa shape index (κ2) is 6.57. The van der Waals surface area contributed by atoms with Crippen molar-refractivity contribution in [3.05, 3.63) is 11.6 Å². The van der Waals surface area contributed by atoms with Gasteiger partial charge in [-0.25, -0.2) is 4.98 Å². The minimum Gasteiger partial charge on any atom is -0.390 e. The van der Waals surface area contributed by atoms with Crippen LogP contribution in [0.3, 0.4) is 0 Å². The number of nitrogens with two attached hydrogens (primary N) is 1. The fraction of sp³-hybridized carbons (Fsp3) is 0.667. The van der Waals surface area contributed by atoms with Gasteiger partial charge in [0.25, 0.3) is 6.57 Å². The van der Waals surface area contributed by atoms with E-state index < -0.39 is 30.2 Å². The van der Waals surface area contributed by atoms with Gasteiger partial charge in [-0.15, -0.1) is 0 Å². The third kappa shape index (κ3) is 3.07. The van der Waals surface area contributed by atoms with E-state index in [1.165, 1.54) is 11.4 Å². The Hall–Kier alpha value is -0.900. The lowest BCUT2D eigenvalue weighted by Crippen LogP contribution is -2.35. The van der Waals surface area contributed by atoms with E-state index in [1.807, 2.05) is 0 Å². The molecule has 0 saturated heterocycles. The van der Waals surface area contributed by atoms with Crippen LogP contribution in [0.25, 0.3) is 11.2 Å². The maximum absolute atomic E-state index is 12.4. The zero-order valence-corrected chi connectivity index (χ0v) is 17.3. The molecule has 2 aliphatic rings. The van der Waals surface area contributed by atoms with Gasteiger partial charge in [-0.05, 0) is 30.9 Å². The number of aromatic nitrogens is 4. The van der Waals surface area contributed by atoms with Crippen LogP contribution in [0, 0.1) is 11.3 Å². The van der Waals surface area contributed by atoms with Crippen molar-refractivity contribution in [3.63, 3.8) is 0 Å². The van der Waals surface area contributed by atoms with Crippen molar-refractivity contribution in [3.8, 4) is 0 Å². The first-order valence-corrected chi connectivity index (χ1v) is 12.6. The number of anilines is 1. The number of aliphatic hydroxyl groups is 2. The maximum atomic E-state index is 12.4. The summed E-state index contributed by atoms with van der Waals surface area (Å²) in [6, 6.07) is -0.417. The Morgan fingerprint density at radius 3 is 2.96 bits per heavy atom. The number of nitrogen functional groups attached to an aromatic ring is 1. The summed E-state index contributed by atoms with van der Waals surface area (Å²) >= 11 is 7.15. The van der Waals surface area contributed by atoms with Gasteiger partial charge < -0.3 is 25.0 Å². The molecule has 2 aromatic rings. The van der Waals surface area contributed by atoms with E-state index in [0.717, 1.165) is 0 Å². The molecular weight excluding hydrogens is 413 g/mol. The van der Waals surface area contributed by atoms with Crippen LogP contribution in [0.5, 0.6) is 0 Å². The first kappa shape index (κ1) is 19.4. The Morgan fingerprint density at radius 2 is 2.26 bits per heavy atom. The average Bonchev–Trinajstić information content (AvgIpc) is 3.09. The Kier molecular flexibility index (Phi) is 4.73. The number of hydrogen-bond acceptors (Lipinski definition) is 9. The molecule has 0 radical (unpaired) electrons. The quantitative estimate of drug-likeness (QED) is 0.461. The van der Waals surface area contributed by atoms with E-state index in [-0.39, 0.29) is 17.0 Å². The molecule has 148 valence electrons. The molecule has 12 heteroatoms. The van der Waals surface area contributed by atoms with Crippen molar-refractivity contribution < 1.29 is 19.3 Å². The number of aliphatic hydroxyl groups excluding tert-OH is 2. The molecule has 4 N–H and O–H groups in total. The van der Waals surface area contributed by atoms with Crippen molar-refractivity contribution in [2.24, 2.45) is 11.3 Å². The molecule has 6 atom stereocenters. The number of fused-ring (bicyclic) bond motifs is 2. The van der Waals surface area contributed by atoms with Crippen LogP contribution in [0.4, 0.5) is 5.82 Å². The number of halogens is 1. The molecule has 2 aromatic heterocycles. The molecule has 2 aliphatic carbocycles. The van der Waals surface area contributed by atoms with Crippen LogP contribution in [-0.2, 0) is 9.09 Å². The van der Waals surface area contributed by atoms with Crippen LogP contribution < -0.4 is 5.73 Å². The summed E-state index contributed by atoms with van der Waals surface area (Å²) in [4.78, 5) is 12.3. The fourth-order valence-corrected chi connectivity index (χ4v) is 7.82. The summed E-state index contributed by atoms with van der Waals surface area (Å²) in [6.07, 6.45) is 0.316. The largest absolute Gasteiger partial charge is 0.390 e. The maximum Gasteiger partial charge on any atom is 0.254 e. The van der Waals surface area contributed by atoms with Crippen molar-refractivity contribution in [2.45, 2.75) is 31.6 Å². The second-order valence-corrected chi connectivity index (χ2v) is 12.6. The lowest BCUT2D eigenvalue weighted by atomic mass is 10.0. The van der Waals surface area contributed by atoms with Gasteiger partial charge in [0, 0.05) is 17.8 Å². The lowest BCUT2D eigenvalue weighted by Gasteiger charge is -2.24. The summed E-state index contributed by atoms with van der Waals surface area (Å²) < 4.78 is 19.4. The van der Waals surface area contributed by atoms with Gasteiger partial charge >= 0.3 is 0 Å². The highest BCUT2D eigenvalue weighted by atomic mass is 35.5. The van der Waals surface area contributed by atoms with Gasteiger partial charge in [0.05, 0.1) is 25.1 Å². The highest BCUT2D eigenvalue weighted by molar-refractivity contribution is 8.56. The number of nitrogens with zero attached hydrogens (tertiary/aromatic N) is 4. The molecule has 4 rings (SSSR count). The molecule has 2 heterocycles. The van der Waals surface area contributed by atoms with E-state index in [9.17, 15) is 14.8 Å². The summed E-state index contributed by atoms with van der Waals surface area (Å²) in [5.74, 6) is 0.618. The topological polar surface area (TPSA) is 136 Å². The monoisotopic (exact) mass is 433 g/mol. The third-order valence-electron chi connectivity index (χ3n) is 5.53. The van der Waals surface area contributed by atoms with Gasteiger partial charge in [0.15, 0.2) is 11.5 Å². The minimum absolute atomic E-state index is 0.00367. The number of imidazole rings is 1. The predicted octanol–water partition coefficient (Wildman–Crippen LogP) is 1.94. The zero-order chi connectivity index (χ0) is 19.6. The minimum atomic E-state index is -2.79. The number of hydrogen-bond donors (Lipinski definition) is 3. The smallest absolute Gasteiger partial charge is 0.254 e. The predicted molar refractivity (Wildman–Crippen MR) is 104 cm³/mol. The second-order valence-electron chi connectivity index (χ2n) is 7.13. The van der Waals surface area contributed by atoms with Crippen molar-refractivity contribution in [1.82, 2.24) is 19.5 Å². The Bertz CT molecular complexity index is 944. The van der Waals surface area contributed by atoms with E-state index in [4.69, 9.17) is 21.9 Å². The summed E-state index contributed by atoms with van der Waals surface area (Å²) in [6.45, 7) is 0.952. The fourth-order valence-electron chi connectivity index (χ4n) is 4.16. The van der Waals surface area contributed by atoms with Crippen molar-refractivity contribution in [1.29, 1.82) is 0 Å². The van der Waals surface area contributed by atoms with Gasteiger partial charge in [-0.3, -0.25) is 4.57 Å². The van der Waals surface area contributed by atoms with Crippen LogP contribution in [-0.4, -0.2) is 61.0 Å². The van der Waals surface area contributed by atoms with E-state index >= 15 is 0 Å². The molecule has 27 heavy (non-hydrogen) atoms. The molecule has 9 nitrogen and oxygen atoms in total. The molecule has 0 bridgehead atoms. The van der Waals surface area contributed by atoms with E-state index in [1.54, 1.807) is 24.5 Å². The first-order chi connectivity index (χ1) is 12.7. The SMILES string of the molecule is CCOP(C)(=O)SC[C@]12C[C@@H]1[C@@H](n1cnc3c(N)nc(Cl)nc31)[C@H](O)[C@@H]2O. The highest BCUT2D eigenvalue weighted by Gasteiger charge is 2.71. The van der Waals surface area contributed by atoms with Crippen LogP contribution >= 0.6 is 29.6 Å². The van der Waals surface area contributed by atoms with Crippen LogP contribution in [0.2, 0.25) is 5.28 Å². The van der Waals surface area contributed by atoms with Crippen LogP contribution in [0.15, 0.2) is 6.33 Å². The summed E-state index contributed by atoms with van der Waals surface area (Å²) in [7, 11) is 0. The molecule has 0 amide bonds. The van der Waals surface area contributed by atoms with E-state index in [0.29, 0.717) is 29.9 Å². The third-order valence-corrected chi connectivity index (χ3v) is 9.67. The Labute approximate surface area is 164 Å². The van der Waals surface area contributed by atoms with Gasteiger partial charge in [-0.1, -0.05) is 11.4 Å². The lowest BCUT2D eigenvalue weighted by molar-refractivity contribution is -0.0126. The Morgan fingerprint density at radius 1 is 1.52 bits per heavy atom. The standard InChI is InChI=1S/C15H21ClN5O4PS/c1-3-25-26(2,24)27-5-15-4-7(15)9(10(22)11(15)23)21-6-18-8-12(17)19-14(16)20-13(8)21/h6-7,9-11,22-23H,3-5H2,1-2H3,(H2,17,19,20)/t7-,9-,10+,11+,15-,26?/m1/s1. The highest BCUT2D eigenvalue weighted by Crippen LogP contribution is 2.71. The zero-order valence-electron chi connectivity index (χ0n) is 14.8. The van der Waals surface area contributed by atoms with Crippen LogP contribution in [0.1, 0.15) is 19.4 Å². The molecule has 0 spiro atoms. The normalized spacial score (nSPS) is 34.6. The summed E-state index contributed by atoms with van der Waals surface area (Å²) in [5.41, 5.74) is 6.18. The Balaban J connectivity index is 1.63. The average molecular weight is 434 g/mol. The van der Waals surface area contributed by atoms with Gasteiger partial charge in [-0.2, -0.15) is 9.97 Å². The number of rotatable bonds is 6. The molecule has 0 aliphatic heterocycles. The van der Waals surface area contributed by atoms with Gasteiger partial charge in [0.2, 0.25) is 5.28 Å². The molecular formula is C15H21ClN5O4PS. The summed E-state index contributed by atoms with van der Waals surface area (Å²) in [5, 5.41) is 21.4. The molecule has 2 fully saturated rings. The molecule has 1 unspecified atom stereocenters. The molecule has 0 aromatic carbocycles. The van der Waals surface area contributed by atoms with Gasteiger partial charge in [0.1, 0.15) is 11.6 Å². The first-order valence-electron chi connectivity index (χ1n) is 8.58.